The van der Waals surface area contributed by atoms with Crippen LogP contribution in [0.3, 0.4) is 0 Å². The Morgan fingerprint density at radius 2 is 0.955 bits per heavy atom. The van der Waals surface area contributed by atoms with Crippen LogP contribution in [0, 0.1) is 13.8 Å². The second-order valence-electron chi connectivity index (χ2n) is 6.72. The Kier molecular flexibility index (Phi) is 5.83. The summed E-state index contributed by atoms with van der Waals surface area (Å²) >= 11 is 0. The highest BCUT2D eigenvalue weighted by molar-refractivity contribution is 5.27. The highest BCUT2D eigenvalue weighted by Crippen LogP contribution is 2.38. The van der Waals surface area contributed by atoms with Gasteiger partial charge in [0.25, 0.3) is 0 Å². The second-order valence-corrected chi connectivity index (χ2v) is 6.72. The van der Waals surface area contributed by atoms with E-state index in [4.69, 9.17) is 0 Å². The van der Waals surface area contributed by atoms with Gasteiger partial charge in [-0.15, -0.1) is 0 Å². The van der Waals surface area contributed by atoms with Crippen molar-refractivity contribution < 1.29 is 0 Å². The summed E-state index contributed by atoms with van der Waals surface area (Å²) in [6.45, 7) is 4.34. The largest absolute Gasteiger partial charge is 0.0776 e. The average molecular weight is 294 g/mol. The SMILES string of the molecule is C.Cc1ccc(C2CCCC(c3ccc(C)cc3)CC2)cc1. The molecule has 118 valence electrons. The molecular weight excluding hydrogens is 264 g/mol. The number of benzene rings is 2. The van der Waals surface area contributed by atoms with Crippen molar-refractivity contribution in [3.8, 4) is 0 Å². The van der Waals surface area contributed by atoms with E-state index in [2.05, 4.69) is 62.4 Å². The standard InChI is InChI=1S/C21H26.CH4/c1-16-6-10-20(11-7-16)18-4-3-5-19(15-14-18)21-12-8-17(2)9-13-21;/h6-13,18-19H,3-5,14-15H2,1-2H3;1H4. The zero-order valence-corrected chi connectivity index (χ0v) is 13.3. The summed E-state index contributed by atoms with van der Waals surface area (Å²) in [7, 11) is 0. The van der Waals surface area contributed by atoms with E-state index in [0.29, 0.717) is 0 Å². The van der Waals surface area contributed by atoms with Crippen LogP contribution in [0.1, 0.15) is 73.6 Å². The van der Waals surface area contributed by atoms with Gasteiger partial charge in [0, 0.05) is 0 Å². The van der Waals surface area contributed by atoms with Crippen LogP contribution in [0.15, 0.2) is 48.5 Å². The lowest BCUT2D eigenvalue weighted by Crippen LogP contribution is -1.99. The fourth-order valence-electron chi connectivity index (χ4n) is 3.65. The summed E-state index contributed by atoms with van der Waals surface area (Å²) in [4.78, 5) is 0. The molecule has 1 saturated carbocycles. The van der Waals surface area contributed by atoms with Crippen molar-refractivity contribution in [3.63, 3.8) is 0 Å². The molecule has 2 aromatic rings. The molecule has 0 aromatic heterocycles. The minimum Gasteiger partial charge on any atom is -0.0776 e. The van der Waals surface area contributed by atoms with Gasteiger partial charge in [0.1, 0.15) is 0 Å². The van der Waals surface area contributed by atoms with E-state index in [-0.39, 0.29) is 7.43 Å². The highest BCUT2D eigenvalue weighted by Gasteiger charge is 2.21. The maximum absolute atomic E-state index is 2.34. The lowest BCUT2D eigenvalue weighted by Gasteiger charge is -2.16. The van der Waals surface area contributed by atoms with Crippen LogP contribution < -0.4 is 0 Å². The van der Waals surface area contributed by atoms with E-state index < -0.39 is 0 Å². The Morgan fingerprint density at radius 1 is 0.591 bits per heavy atom. The average Bonchev–Trinajstić information content (AvgIpc) is 2.75. The third-order valence-electron chi connectivity index (χ3n) is 5.07. The number of rotatable bonds is 2. The van der Waals surface area contributed by atoms with Crippen molar-refractivity contribution in [1.82, 2.24) is 0 Å². The lowest BCUT2D eigenvalue weighted by molar-refractivity contribution is 0.574. The van der Waals surface area contributed by atoms with Gasteiger partial charge < -0.3 is 0 Å². The molecule has 2 atom stereocenters. The van der Waals surface area contributed by atoms with E-state index in [0.717, 1.165) is 11.8 Å². The molecule has 2 aromatic carbocycles. The third kappa shape index (κ3) is 4.00. The lowest BCUT2D eigenvalue weighted by atomic mass is 9.89. The van der Waals surface area contributed by atoms with E-state index in [1.54, 1.807) is 11.1 Å². The summed E-state index contributed by atoms with van der Waals surface area (Å²) in [5, 5.41) is 0. The van der Waals surface area contributed by atoms with Crippen LogP contribution in [0.25, 0.3) is 0 Å². The fraction of sp³-hybridized carbons (Fsp3) is 0.455. The smallest absolute Gasteiger partial charge is 0.0162 e. The zero-order valence-electron chi connectivity index (χ0n) is 13.3. The van der Waals surface area contributed by atoms with E-state index >= 15 is 0 Å². The first kappa shape index (κ1) is 16.8. The third-order valence-corrected chi connectivity index (χ3v) is 5.07. The van der Waals surface area contributed by atoms with Crippen LogP contribution >= 0.6 is 0 Å². The Bertz CT molecular complexity index is 508. The zero-order chi connectivity index (χ0) is 14.7. The summed E-state index contributed by atoms with van der Waals surface area (Å²) in [5.41, 5.74) is 5.82. The minimum atomic E-state index is 0. The van der Waals surface area contributed by atoms with Crippen LogP contribution in [-0.2, 0) is 0 Å². The van der Waals surface area contributed by atoms with Crippen LogP contribution in [-0.4, -0.2) is 0 Å². The van der Waals surface area contributed by atoms with Crippen LogP contribution in [0.2, 0.25) is 0 Å². The Balaban J connectivity index is 0.00000176. The van der Waals surface area contributed by atoms with Gasteiger partial charge in [0.15, 0.2) is 0 Å². The molecule has 0 N–H and O–H groups in total. The first-order valence-electron chi connectivity index (χ1n) is 8.35. The van der Waals surface area contributed by atoms with Gasteiger partial charge >= 0.3 is 0 Å². The van der Waals surface area contributed by atoms with Crippen molar-refractivity contribution >= 4 is 0 Å². The summed E-state index contributed by atoms with van der Waals surface area (Å²) in [5.74, 6) is 1.53. The summed E-state index contributed by atoms with van der Waals surface area (Å²) in [6.07, 6.45) is 6.73. The molecule has 0 bridgehead atoms. The Labute approximate surface area is 136 Å². The van der Waals surface area contributed by atoms with Gasteiger partial charge in [-0.2, -0.15) is 0 Å². The van der Waals surface area contributed by atoms with Gasteiger partial charge in [0.05, 0.1) is 0 Å². The predicted octanol–water partition coefficient (Wildman–Crippen LogP) is 6.77. The predicted molar refractivity (Wildman–Crippen MR) is 97.7 cm³/mol. The van der Waals surface area contributed by atoms with Crippen molar-refractivity contribution in [3.05, 3.63) is 70.8 Å². The van der Waals surface area contributed by atoms with Crippen molar-refractivity contribution in [2.45, 2.75) is 65.2 Å². The Hall–Kier alpha value is -1.56. The number of hydrogen-bond donors (Lipinski definition) is 0. The topological polar surface area (TPSA) is 0 Å². The molecule has 0 heteroatoms. The van der Waals surface area contributed by atoms with Gasteiger partial charge in [-0.3, -0.25) is 0 Å². The molecule has 0 saturated heterocycles. The van der Waals surface area contributed by atoms with Gasteiger partial charge in [-0.05, 0) is 62.5 Å². The van der Waals surface area contributed by atoms with Crippen molar-refractivity contribution in [2.75, 3.05) is 0 Å². The molecule has 22 heavy (non-hydrogen) atoms. The normalized spacial score (nSPS) is 21.7. The second kappa shape index (κ2) is 7.63. The van der Waals surface area contributed by atoms with Crippen LogP contribution in [0.4, 0.5) is 0 Å². The molecule has 1 fully saturated rings. The molecule has 1 aliphatic carbocycles. The van der Waals surface area contributed by atoms with Crippen molar-refractivity contribution in [2.24, 2.45) is 0 Å². The Morgan fingerprint density at radius 3 is 1.32 bits per heavy atom. The molecular formula is C22H30. The van der Waals surface area contributed by atoms with E-state index in [9.17, 15) is 0 Å². The van der Waals surface area contributed by atoms with Gasteiger partial charge in [0.2, 0.25) is 0 Å². The maximum Gasteiger partial charge on any atom is -0.0162 e. The van der Waals surface area contributed by atoms with E-state index in [1.165, 1.54) is 43.2 Å². The molecule has 0 nitrogen and oxygen atoms in total. The molecule has 0 amide bonds. The molecule has 0 aliphatic heterocycles. The minimum absolute atomic E-state index is 0. The molecule has 0 heterocycles. The molecule has 3 rings (SSSR count). The summed E-state index contributed by atoms with van der Waals surface area (Å²) < 4.78 is 0. The molecule has 1 aliphatic rings. The number of hydrogen-bond acceptors (Lipinski definition) is 0. The quantitative estimate of drug-likeness (QED) is 0.536. The fourth-order valence-corrected chi connectivity index (χ4v) is 3.65. The molecule has 0 spiro atoms. The first-order valence-corrected chi connectivity index (χ1v) is 8.35. The monoisotopic (exact) mass is 294 g/mol. The van der Waals surface area contributed by atoms with Crippen LogP contribution in [0.5, 0.6) is 0 Å². The molecule has 0 radical (unpaired) electrons. The number of aryl methyl sites for hydroxylation is 2. The van der Waals surface area contributed by atoms with Gasteiger partial charge in [-0.25, -0.2) is 0 Å². The summed E-state index contributed by atoms with van der Waals surface area (Å²) in [6, 6.07) is 18.4. The molecule has 2 unspecified atom stereocenters. The van der Waals surface area contributed by atoms with Gasteiger partial charge in [-0.1, -0.05) is 73.5 Å². The van der Waals surface area contributed by atoms with Crippen molar-refractivity contribution in [1.29, 1.82) is 0 Å². The maximum atomic E-state index is 2.34. The first-order chi connectivity index (χ1) is 10.2. The van der Waals surface area contributed by atoms with E-state index in [1.807, 2.05) is 0 Å². The highest BCUT2D eigenvalue weighted by atomic mass is 14.3.